The molecule has 3 aliphatic rings. The minimum Gasteiger partial charge on any atom is -0.497 e. The van der Waals surface area contributed by atoms with E-state index in [1.165, 1.54) is 38.6 Å². The van der Waals surface area contributed by atoms with Crippen LogP contribution < -0.4 is 23.4 Å². The van der Waals surface area contributed by atoms with Gasteiger partial charge in [0.05, 0.1) is 43.7 Å². The molecule has 13 heteroatoms. The second-order valence-electron chi connectivity index (χ2n) is 12.7. The molecule has 8 rings (SSSR count). The van der Waals surface area contributed by atoms with Crippen LogP contribution in [-0.4, -0.2) is 69.7 Å². The van der Waals surface area contributed by atoms with E-state index in [2.05, 4.69) is 27.1 Å². The molecule has 2 unspecified atom stereocenters. The molecule has 12 nitrogen and oxygen atoms in total. The summed E-state index contributed by atoms with van der Waals surface area (Å²) in [6.45, 7) is 3.55. The van der Waals surface area contributed by atoms with E-state index in [-0.39, 0.29) is 34.2 Å². The number of amides is 1. The third-order valence-electron chi connectivity index (χ3n) is 10.1. The molecule has 1 saturated heterocycles. The van der Waals surface area contributed by atoms with Gasteiger partial charge in [-0.1, -0.05) is 0 Å². The predicted octanol–water partition coefficient (Wildman–Crippen LogP) is 5.23. The van der Waals surface area contributed by atoms with Crippen molar-refractivity contribution in [3.8, 4) is 23.3 Å². The number of carbonyl (C=O) groups is 1. The topological polar surface area (TPSA) is 138 Å². The Kier molecular flexibility index (Phi) is 8.08. The van der Waals surface area contributed by atoms with Crippen LogP contribution in [0.5, 0.6) is 17.2 Å². The molecule has 3 aliphatic heterocycles. The Labute approximate surface area is 301 Å². The molecule has 5 aromatic rings. The standard InChI is InChI=1S/C39H34N6O6S/c1-4-51-35-10-8-29(49-2)19-32(35)39(44-23-26-21-43(22-27(26)24-44)28-13-16-41-17-14-28)31-18-25(20-40)7-9-33(31)45(38(39)46)52(47,48)36-12-11-34(50-3)30-6-5-15-42-37(30)36/h5-19,21,27H,4,22-24H2,1-3H3. The van der Waals surface area contributed by atoms with Crippen LogP contribution in [0, 0.1) is 17.2 Å². The first kappa shape index (κ1) is 33.2. The average Bonchev–Trinajstić information content (AvgIpc) is 3.84. The molecule has 262 valence electrons. The van der Waals surface area contributed by atoms with Crippen LogP contribution in [0.15, 0.2) is 108 Å². The summed E-state index contributed by atoms with van der Waals surface area (Å²) in [5, 5.41) is 10.6. The van der Waals surface area contributed by atoms with Gasteiger partial charge in [0.1, 0.15) is 22.1 Å². The molecule has 2 atom stereocenters. The Morgan fingerprint density at radius 1 is 0.942 bits per heavy atom. The lowest BCUT2D eigenvalue weighted by atomic mass is 9.80. The van der Waals surface area contributed by atoms with Crippen LogP contribution in [0.4, 0.5) is 11.4 Å². The molecule has 3 aromatic carbocycles. The number of ether oxygens (including phenoxy) is 3. The van der Waals surface area contributed by atoms with Crippen LogP contribution in [0.2, 0.25) is 0 Å². The van der Waals surface area contributed by atoms with Crippen LogP contribution in [0.25, 0.3) is 10.9 Å². The summed E-state index contributed by atoms with van der Waals surface area (Å²) in [6.07, 6.45) is 7.09. The van der Waals surface area contributed by atoms with Crippen LogP contribution in [0.1, 0.15) is 23.6 Å². The fourth-order valence-corrected chi connectivity index (χ4v) is 9.42. The van der Waals surface area contributed by atoms with E-state index in [0.717, 1.165) is 15.6 Å². The third kappa shape index (κ3) is 4.90. The van der Waals surface area contributed by atoms with Gasteiger partial charge < -0.3 is 19.1 Å². The molecule has 0 spiro atoms. The van der Waals surface area contributed by atoms with E-state index < -0.39 is 21.5 Å². The van der Waals surface area contributed by atoms with Crippen molar-refractivity contribution in [3.63, 3.8) is 0 Å². The summed E-state index contributed by atoms with van der Waals surface area (Å²) < 4.78 is 48.5. The number of hydrogen-bond acceptors (Lipinski definition) is 11. The van der Waals surface area contributed by atoms with Gasteiger partial charge in [0.15, 0.2) is 5.54 Å². The van der Waals surface area contributed by atoms with Crippen molar-refractivity contribution in [2.24, 2.45) is 5.92 Å². The van der Waals surface area contributed by atoms with Crippen molar-refractivity contribution in [2.45, 2.75) is 17.4 Å². The zero-order valence-corrected chi connectivity index (χ0v) is 29.5. The fourth-order valence-electron chi connectivity index (χ4n) is 7.80. The van der Waals surface area contributed by atoms with Gasteiger partial charge in [0.25, 0.3) is 15.9 Å². The average molecular weight is 715 g/mol. The summed E-state index contributed by atoms with van der Waals surface area (Å²) in [5.74, 6) is 0.599. The van der Waals surface area contributed by atoms with E-state index in [0.29, 0.717) is 53.4 Å². The van der Waals surface area contributed by atoms with Crippen molar-refractivity contribution in [2.75, 3.05) is 49.7 Å². The molecule has 2 aromatic heterocycles. The number of fused-ring (bicyclic) bond motifs is 3. The van der Waals surface area contributed by atoms with Crippen molar-refractivity contribution >= 4 is 38.2 Å². The molecule has 1 amide bonds. The van der Waals surface area contributed by atoms with E-state index >= 15 is 13.2 Å². The van der Waals surface area contributed by atoms with E-state index in [9.17, 15) is 5.26 Å². The lowest BCUT2D eigenvalue weighted by Gasteiger charge is -2.39. The molecule has 1 fully saturated rings. The highest BCUT2D eigenvalue weighted by molar-refractivity contribution is 7.93. The predicted molar refractivity (Wildman–Crippen MR) is 194 cm³/mol. The normalized spacial score (nSPS) is 19.7. The maximum atomic E-state index is 15.8. The van der Waals surface area contributed by atoms with Crippen molar-refractivity contribution in [1.82, 2.24) is 14.9 Å². The number of carbonyl (C=O) groups excluding carboxylic acids is 1. The summed E-state index contributed by atoms with van der Waals surface area (Å²) in [4.78, 5) is 28.4. The lowest BCUT2D eigenvalue weighted by Crippen LogP contribution is -2.54. The number of pyridine rings is 2. The highest BCUT2D eigenvalue weighted by Crippen LogP contribution is 2.55. The minimum atomic E-state index is -4.63. The summed E-state index contributed by atoms with van der Waals surface area (Å²) in [5.41, 5.74) is 1.70. The summed E-state index contributed by atoms with van der Waals surface area (Å²) in [6, 6.07) is 22.4. The van der Waals surface area contributed by atoms with Gasteiger partial charge in [-0.05, 0) is 85.3 Å². The van der Waals surface area contributed by atoms with Crippen LogP contribution in [0.3, 0.4) is 0 Å². The smallest absolute Gasteiger partial charge is 0.273 e. The van der Waals surface area contributed by atoms with Gasteiger partial charge in [-0.25, -0.2) is 12.7 Å². The minimum absolute atomic E-state index is 0.0296. The zero-order valence-electron chi connectivity index (χ0n) is 28.7. The number of nitrogens with zero attached hydrogens (tertiary/aromatic N) is 6. The van der Waals surface area contributed by atoms with Gasteiger partial charge in [-0.2, -0.15) is 5.26 Å². The summed E-state index contributed by atoms with van der Waals surface area (Å²) >= 11 is 0. The first-order valence-electron chi connectivity index (χ1n) is 16.8. The Hall–Kier alpha value is -5.97. The van der Waals surface area contributed by atoms with Crippen molar-refractivity contribution in [3.05, 3.63) is 120 Å². The lowest BCUT2D eigenvalue weighted by molar-refractivity contribution is -0.126. The number of anilines is 2. The third-order valence-corrected chi connectivity index (χ3v) is 11.8. The Morgan fingerprint density at radius 2 is 1.75 bits per heavy atom. The maximum Gasteiger partial charge on any atom is 0.273 e. The molecule has 0 aliphatic carbocycles. The first-order valence-corrected chi connectivity index (χ1v) is 18.2. The highest BCUT2D eigenvalue weighted by atomic mass is 32.2. The van der Waals surface area contributed by atoms with Crippen molar-refractivity contribution < 1.29 is 27.4 Å². The fraction of sp³-hybridized carbons (Fsp3) is 0.231. The maximum absolute atomic E-state index is 15.8. The second-order valence-corrected chi connectivity index (χ2v) is 14.5. The number of rotatable bonds is 9. The van der Waals surface area contributed by atoms with Gasteiger partial charge in [0.2, 0.25) is 0 Å². The quantitative estimate of drug-likeness (QED) is 0.198. The molecule has 0 N–H and O–H groups in total. The molecule has 52 heavy (non-hydrogen) atoms. The highest BCUT2D eigenvalue weighted by Gasteiger charge is 2.62. The molecule has 0 saturated carbocycles. The SMILES string of the molecule is CCOc1ccc(OC)cc1C1(N2CC3=CN(c4ccncc4)CC3C2)C(=O)N(S(=O)(=O)c2ccc(OC)c3cccnc23)c2ccc(C#N)cc21. The van der Waals surface area contributed by atoms with Gasteiger partial charge in [-0.15, -0.1) is 0 Å². The molecular weight excluding hydrogens is 681 g/mol. The molecule has 0 bridgehead atoms. The van der Waals surface area contributed by atoms with Gasteiger partial charge >= 0.3 is 0 Å². The largest absolute Gasteiger partial charge is 0.497 e. The van der Waals surface area contributed by atoms with Gasteiger partial charge in [0, 0.05) is 72.5 Å². The number of sulfonamides is 1. The number of benzene rings is 3. The number of likely N-dealkylation sites (tertiary alicyclic amines) is 1. The Bertz CT molecular complexity index is 2430. The first-order chi connectivity index (χ1) is 25.3. The Balaban J connectivity index is 1.37. The van der Waals surface area contributed by atoms with Crippen LogP contribution in [-0.2, 0) is 20.4 Å². The Morgan fingerprint density at radius 3 is 2.48 bits per heavy atom. The van der Waals surface area contributed by atoms with E-state index in [4.69, 9.17) is 14.2 Å². The zero-order chi connectivity index (χ0) is 36.2. The number of aromatic nitrogens is 2. The number of methoxy groups -OCH3 is 2. The monoisotopic (exact) mass is 714 g/mol. The van der Waals surface area contributed by atoms with E-state index in [1.807, 2.05) is 24.0 Å². The molecule has 0 radical (unpaired) electrons. The van der Waals surface area contributed by atoms with E-state index in [1.54, 1.807) is 54.9 Å². The number of hydrogen-bond donors (Lipinski definition) is 0. The van der Waals surface area contributed by atoms with Crippen molar-refractivity contribution in [1.29, 1.82) is 5.26 Å². The molecule has 5 heterocycles. The molecular formula is C39H34N6O6S. The van der Waals surface area contributed by atoms with Crippen LogP contribution >= 0.6 is 0 Å². The summed E-state index contributed by atoms with van der Waals surface area (Å²) in [7, 11) is -1.60. The number of nitriles is 1. The van der Waals surface area contributed by atoms with Gasteiger partial charge in [-0.3, -0.25) is 19.7 Å². The second kappa shape index (κ2) is 12.7.